The summed E-state index contributed by atoms with van der Waals surface area (Å²) >= 11 is 0. The smallest absolute Gasteiger partial charge is 0.0398 e. The van der Waals surface area contributed by atoms with Crippen LogP contribution in [0.5, 0.6) is 0 Å². The van der Waals surface area contributed by atoms with Gasteiger partial charge in [0.1, 0.15) is 0 Å². The molecule has 0 spiro atoms. The maximum atomic E-state index is 2.63. The van der Waals surface area contributed by atoms with E-state index in [9.17, 15) is 0 Å². The van der Waals surface area contributed by atoms with Crippen LogP contribution in [0.3, 0.4) is 0 Å². The fourth-order valence-electron chi connectivity index (χ4n) is 5.03. The van der Waals surface area contributed by atoms with Crippen molar-refractivity contribution in [2.45, 2.75) is 135 Å². The molecule has 1 fully saturated rings. The quantitative estimate of drug-likeness (QED) is 0.216. The summed E-state index contributed by atoms with van der Waals surface area (Å²) in [7, 11) is 0. The highest BCUT2D eigenvalue weighted by atomic mass is 15.1. The van der Waals surface area contributed by atoms with Gasteiger partial charge in [0.05, 0.1) is 0 Å². The Morgan fingerprint density at radius 2 is 1.03 bits per heavy atom. The van der Waals surface area contributed by atoms with E-state index in [0.29, 0.717) is 0 Å². The summed E-state index contributed by atoms with van der Waals surface area (Å²) in [5, 5.41) is 0. The van der Waals surface area contributed by atoms with Crippen molar-refractivity contribution in [2.75, 3.05) is 18.0 Å². The van der Waals surface area contributed by atoms with Crippen LogP contribution in [0, 0.1) is 0 Å². The molecule has 1 saturated heterocycles. The van der Waals surface area contributed by atoms with Crippen LogP contribution >= 0.6 is 0 Å². The average Bonchev–Trinajstić information content (AvgIpc) is 2.79. The van der Waals surface area contributed by atoms with Gasteiger partial charge in [0, 0.05) is 18.8 Å². The number of para-hydroxylation sites is 1. The Hall–Kier alpha value is -0.980. The molecule has 0 unspecified atom stereocenters. The Morgan fingerprint density at radius 1 is 0.567 bits per heavy atom. The summed E-state index contributed by atoms with van der Waals surface area (Å²) in [5.74, 6) is 0. The van der Waals surface area contributed by atoms with E-state index in [1.165, 1.54) is 147 Å². The lowest BCUT2D eigenvalue weighted by molar-refractivity contribution is 0.529. The van der Waals surface area contributed by atoms with E-state index in [-0.39, 0.29) is 0 Å². The van der Waals surface area contributed by atoms with Gasteiger partial charge in [0.15, 0.2) is 0 Å². The fourth-order valence-corrected chi connectivity index (χ4v) is 5.03. The molecule has 0 saturated carbocycles. The van der Waals surface area contributed by atoms with Crippen molar-refractivity contribution in [3.05, 3.63) is 29.8 Å². The number of nitrogens with zero attached hydrogens (tertiary/aromatic N) is 1. The summed E-state index contributed by atoms with van der Waals surface area (Å²) in [6.45, 7) is 4.82. The van der Waals surface area contributed by atoms with Gasteiger partial charge in [0.2, 0.25) is 0 Å². The third kappa shape index (κ3) is 11.4. The fraction of sp³-hybridized carbons (Fsp3) is 0.793. The van der Waals surface area contributed by atoms with E-state index in [1.54, 1.807) is 5.56 Å². The molecule has 1 aliphatic heterocycles. The molecular weight excluding hydrogens is 362 g/mol. The largest absolute Gasteiger partial charge is 0.371 e. The average molecular weight is 414 g/mol. The third-order valence-corrected chi connectivity index (χ3v) is 6.99. The van der Waals surface area contributed by atoms with Crippen molar-refractivity contribution in [3.8, 4) is 0 Å². The Bertz CT molecular complexity index is 503. The molecule has 0 bridgehead atoms. The van der Waals surface area contributed by atoms with E-state index in [4.69, 9.17) is 0 Å². The zero-order valence-electron chi connectivity index (χ0n) is 20.3. The van der Waals surface area contributed by atoms with E-state index in [0.717, 1.165) is 0 Å². The SMILES string of the molecule is CCCCCCCCCCCCCCCCCCc1ccccc1N1CCCCC1. The normalized spacial score (nSPS) is 14.4. The van der Waals surface area contributed by atoms with Crippen molar-refractivity contribution in [1.82, 2.24) is 0 Å². The lowest BCUT2D eigenvalue weighted by Crippen LogP contribution is -2.30. The molecule has 1 heterocycles. The van der Waals surface area contributed by atoms with Gasteiger partial charge in [0.25, 0.3) is 0 Å². The first kappa shape index (κ1) is 25.3. The Balaban J connectivity index is 1.40. The summed E-state index contributed by atoms with van der Waals surface area (Å²) in [6, 6.07) is 9.18. The summed E-state index contributed by atoms with van der Waals surface area (Å²) < 4.78 is 0. The lowest BCUT2D eigenvalue weighted by atomic mass is 10.0. The molecule has 0 radical (unpaired) electrons. The maximum absolute atomic E-state index is 2.63. The zero-order valence-corrected chi connectivity index (χ0v) is 20.3. The maximum Gasteiger partial charge on any atom is 0.0398 e. The van der Waals surface area contributed by atoms with Crippen LogP contribution in [0.4, 0.5) is 5.69 Å². The number of piperidine rings is 1. The molecule has 0 N–H and O–H groups in total. The minimum atomic E-state index is 1.26. The molecule has 172 valence electrons. The van der Waals surface area contributed by atoms with Crippen LogP contribution in [-0.2, 0) is 6.42 Å². The van der Waals surface area contributed by atoms with Crippen molar-refractivity contribution >= 4 is 5.69 Å². The standard InChI is InChI=1S/C29H51N/c1-2-3-4-5-6-7-8-9-10-11-12-13-14-15-16-18-23-28-24-19-20-25-29(28)30-26-21-17-22-27-30/h19-20,24-25H,2-18,21-23,26-27H2,1H3. The van der Waals surface area contributed by atoms with Gasteiger partial charge in [-0.1, -0.05) is 121 Å². The molecule has 0 amide bonds. The predicted molar refractivity (Wildman–Crippen MR) is 136 cm³/mol. The number of aryl methyl sites for hydroxylation is 1. The highest BCUT2D eigenvalue weighted by Crippen LogP contribution is 2.25. The third-order valence-electron chi connectivity index (χ3n) is 6.99. The van der Waals surface area contributed by atoms with Crippen LogP contribution in [0.15, 0.2) is 24.3 Å². The molecule has 1 heteroatoms. The van der Waals surface area contributed by atoms with Crippen LogP contribution in [0.1, 0.15) is 134 Å². The summed E-state index contributed by atoms with van der Waals surface area (Å²) in [5.41, 5.74) is 3.11. The Kier molecular flexibility index (Phi) is 14.9. The first-order chi connectivity index (χ1) is 14.9. The van der Waals surface area contributed by atoms with Crippen molar-refractivity contribution in [3.63, 3.8) is 0 Å². The number of hydrogen-bond acceptors (Lipinski definition) is 1. The van der Waals surface area contributed by atoms with Gasteiger partial charge in [-0.3, -0.25) is 0 Å². The monoisotopic (exact) mass is 413 g/mol. The number of benzene rings is 1. The van der Waals surface area contributed by atoms with Gasteiger partial charge >= 0.3 is 0 Å². The first-order valence-corrected chi connectivity index (χ1v) is 13.7. The molecule has 1 aromatic rings. The van der Waals surface area contributed by atoms with E-state index < -0.39 is 0 Å². The number of rotatable bonds is 18. The van der Waals surface area contributed by atoms with Crippen LogP contribution in [-0.4, -0.2) is 13.1 Å². The van der Waals surface area contributed by atoms with Crippen molar-refractivity contribution < 1.29 is 0 Å². The van der Waals surface area contributed by atoms with Gasteiger partial charge in [-0.25, -0.2) is 0 Å². The van der Waals surface area contributed by atoms with Gasteiger partial charge in [-0.2, -0.15) is 0 Å². The molecule has 1 nitrogen and oxygen atoms in total. The second-order valence-electron chi connectivity index (χ2n) is 9.73. The van der Waals surface area contributed by atoms with Crippen LogP contribution < -0.4 is 4.90 Å². The second-order valence-corrected chi connectivity index (χ2v) is 9.73. The highest BCUT2D eigenvalue weighted by molar-refractivity contribution is 5.53. The molecule has 1 aliphatic rings. The molecule has 0 aromatic heterocycles. The molecule has 1 aromatic carbocycles. The van der Waals surface area contributed by atoms with Crippen LogP contribution in [0.2, 0.25) is 0 Å². The Labute approximate surface area is 189 Å². The molecule has 0 atom stereocenters. The highest BCUT2D eigenvalue weighted by Gasteiger charge is 2.13. The molecular formula is C29H51N. The molecule has 0 aliphatic carbocycles. The number of anilines is 1. The number of hydrogen-bond donors (Lipinski definition) is 0. The number of unbranched alkanes of at least 4 members (excludes halogenated alkanes) is 15. The van der Waals surface area contributed by atoms with E-state index in [2.05, 4.69) is 36.1 Å². The van der Waals surface area contributed by atoms with Gasteiger partial charge < -0.3 is 4.90 Å². The lowest BCUT2D eigenvalue weighted by Gasteiger charge is -2.30. The first-order valence-electron chi connectivity index (χ1n) is 13.7. The second kappa shape index (κ2) is 17.7. The van der Waals surface area contributed by atoms with Gasteiger partial charge in [-0.15, -0.1) is 0 Å². The summed E-state index contributed by atoms with van der Waals surface area (Å²) in [4.78, 5) is 2.63. The van der Waals surface area contributed by atoms with Crippen molar-refractivity contribution in [1.29, 1.82) is 0 Å². The summed E-state index contributed by atoms with van der Waals surface area (Å²) in [6.07, 6.45) is 28.6. The predicted octanol–water partition coefficient (Wildman–Crippen LogP) is 9.48. The molecule has 30 heavy (non-hydrogen) atoms. The topological polar surface area (TPSA) is 3.24 Å². The minimum absolute atomic E-state index is 1.26. The minimum Gasteiger partial charge on any atom is -0.371 e. The van der Waals surface area contributed by atoms with Crippen LogP contribution in [0.25, 0.3) is 0 Å². The Morgan fingerprint density at radius 3 is 1.57 bits per heavy atom. The van der Waals surface area contributed by atoms with Gasteiger partial charge in [-0.05, 0) is 43.7 Å². The van der Waals surface area contributed by atoms with Crippen molar-refractivity contribution in [2.24, 2.45) is 0 Å². The van der Waals surface area contributed by atoms with E-state index in [1.807, 2.05) is 0 Å². The molecule has 2 rings (SSSR count). The van der Waals surface area contributed by atoms with E-state index >= 15 is 0 Å². The zero-order chi connectivity index (χ0) is 21.1.